The van der Waals surface area contributed by atoms with Crippen LogP contribution in [0.15, 0.2) is 47.2 Å². The summed E-state index contributed by atoms with van der Waals surface area (Å²) < 4.78 is 0. The molecule has 7 nitrogen and oxygen atoms in total. The Morgan fingerprint density at radius 1 is 1.34 bits per heavy atom. The van der Waals surface area contributed by atoms with Gasteiger partial charge in [-0.05, 0) is 73.5 Å². The number of nitrogens with zero attached hydrogens (tertiary/aromatic N) is 2. The molecule has 0 radical (unpaired) electrons. The first-order valence-electron chi connectivity index (χ1n) is 11.6. The fourth-order valence-electron chi connectivity index (χ4n) is 4.20. The molecule has 0 spiro atoms. The van der Waals surface area contributed by atoms with Crippen molar-refractivity contribution in [1.29, 1.82) is 10.8 Å². The van der Waals surface area contributed by atoms with Gasteiger partial charge in [0.2, 0.25) is 0 Å². The summed E-state index contributed by atoms with van der Waals surface area (Å²) in [6, 6.07) is 6.01. The molecule has 2 aliphatic rings. The number of amidine groups is 1. The third-order valence-corrected chi connectivity index (χ3v) is 6.43. The second kappa shape index (κ2) is 11.1. The van der Waals surface area contributed by atoms with Gasteiger partial charge in [0.05, 0.1) is 5.71 Å². The van der Waals surface area contributed by atoms with Gasteiger partial charge >= 0.3 is 0 Å². The van der Waals surface area contributed by atoms with Crippen LogP contribution in [0.3, 0.4) is 0 Å². The highest BCUT2D eigenvalue weighted by atomic mass is 15.1. The number of hydrogen-bond acceptors (Lipinski definition) is 7. The van der Waals surface area contributed by atoms with Crippen LogP contribution >= 0.6 is 0 Å². The zero-order valence-electron chi connectivity index (χ0n) is 19.5. The van der Waals surface area contributed by atoms with E-state index in [1.165, 1.54) is 24.6 Å². The van der Waals surface area contributed by atoms with Crippen LogP contribution in [0.2, 0.25) is 0 Å². The van der Waals surface area contributed by atoms with Crippen molar-refractivity contribution in [1.82, 2.24) is 15.5 Å². The number of likely N-dealkylation sites (tertiary alicyclic amines) is 1. The molecule has 1 saturated heterocycles. The van der Waals surface area contributed by atoms with Gasteiger partial charge in [-0.25, -0.2) is 4.99 Å². The van der Waals surface area contributed by atoms with Crippen LogP contribution in [-0.4, -0.2) is 41.9 Å². The van der Waals surface area contributed by atoms with Crippen molar-refractivity contribution in [3.8, 4) is 0 Å². The van der Waals surface area contributed by atoms with E-state index >= 15 is 0 Å². The molecule has 1 atom stereocenters. The van der Waals surface area contributed by atoms with Crippen molar-refractivity contribution >= 4 is 23.4 Å². The number of benzene rings is 1. The van der Waals surface area contributed by atoms with E-state index in [1.807, 2.05) is 25.1 Å². The Kier molecular flexibility index (Phi) is 8.22. The van der Waals surface area contributed by atoms with Gasteiger partial charge in [0.15, 0.2) is 6.17 Å². The molecular formula is C25H37N7. The van der Waals surface area contributed by atoms with Crippen molar-refractivity contribution in [3.05, 3.63) is 53.4 Å². The number of nitrogen functional groups attached to an aromatic ring is 1. The summed E-state index contributed by atoms with van der Waals surface area (Å²) in [5, 5.41) is 22.4. The molecule has 6 N–H and O–H groups in total. The number of nitrogens with two attached hydrogens (primary N) is 1. The first-order valence-corrected chi connectivity index (χ1v) is 11.6. The minimum Gasteiger partial charge on any atom is -0.398 e. The van der Waals surface area contributed by atoms with Crippen molar-refractivity contribution < 1.29 is 0 Å². The maximum Gasteiger partial charge on any atom is 0.163 e. The Balaban J connectivity index is 1.68. The van der Waals surface area contributed by atoms with Crippen LogP contribution in [0.5, 0.6) is 0 Å². The Morgan fingerprint density at radius 2 is 2.09 bits per heavy atom. The third-order valence-electron chi connectivity index (χ3n) is 6.43. The summed E-state index contributed by atoms with van der Waals surface area (Å²) in [5.41, 5.74) is 9.97. The number of nitrogens with one attached hydrogen (secondary N) is 4. The van der Waals surface area contributed by atoms with E-state index in [0.29, 0.717) is 17.2 Å². The van der Waals surface area contributed by atoms with E-state index in [4.69, 9.17) is 16.6 Å². The van der Waals surface area contributed by atoms with Crippen molar-refractivity contribution in [2.45, 2.75) is 52.7 Å². The summed E-state index contributed by atoms with van der Waals surface area (Å²) in [7, 11) is 0. The number of hydrogen-bond donors (Lipinski definition) is 5. The highest BCUT2D eigenvalue weighted by molar-refractivity contribution is 6.08. The molecule has 1 fully saturated rings. The maximum atomic E-state index is 8.76. The van der Waals surface area contributed by atoms with Crippen molar-refractivity contribution in [3.63, 3.8) is 0 Å². The van der Waals surface area contributed by atoms with Crippen LogP contribution in [-0.2, 0) is 6.54 Å². The van der Waals surface area contributed by atoms with Crippen LogP contribution in [0.1, 0.15) is 51.2 Å². The number of anilines is 1. The maximum absolute atomic E-state index is 8.76. The smallest absolute Gasteiger partial charge is 0.163 e. The summed E-state index contributed by atoms with van der Waals surface area (Å²) >= 11 is 0. The second-order valence-corrected chi connectivity index (χ2v) is 8.97. The SMILES string of the molecule is CC/C(C=N)=C/NC1=NC(C(=N)c2cc(CN3CCC(C(C)C)CC3)ccc2N)NC=C1. The molecule has 2 heterocycles. The highest BCUT2D eigenvalue weighted by Gasteiger charge is 2.23. The van der Waals surface area contributed by atoms with Gasteiger partial charge in [-0.2, -0.15) is 0 Å². The number of rotatable bonds is 8. The topological polar surface area (TPSA) is 113 Å². The van der Waals surface area contributed by atoms with Gasteiger partial charge in [0.1, 0.15) is 5.84 Å². The van der Waals surface area contributed by atoms with Gasteiger partial charge in [0.25, 0.3) is 0 Å². The standard InChI is InChI=1S/C25H37N7/c1-4-18(14-26)15-30-23-7-10-29-25(31-23)24(28)21-13-19(5-6-22(21)27)16-32-11-8-20(9-12-32)17(2)3/h5-7,10,13-15,17,20,25-26,28-29H,4,8-9,11-12,16,27H2,1-3H3,(H,30,31)/b18-15-,26-14?,28-24?. The van der Waals surface area contributed by atoms with Gasteiger partial charge in [-0.15, -0.1) is 0 Å². The summed E-state index contributed by atoms with van der Waals surface area (Å²) in [4.78, 5) is 7.11. The fourth-order valence-corrected chi connectivity index (χ4v) is 4.20. The summed E-state index contributed by atoms with van der Waals surface area (Å²) in [6.45, 7) is 9.77. The van der Waals surface area contributed by atoms with Crippen LogP contribution in [0, 0.1) is 22.7 Å². The minimum absolute atomic E-state index is 0.346. The molecule has 172 valence electrons. The van der Waals surface area contributed by atoms with E-state index in [9.17, 15) is 0 Å². The van der Waals surface area contributed by atoms with E-state index in [-0.39, 0.29) is 0 Å². The average molecular weight is 436 g/mol. The van der Waals surface area contributed by atoms with Crippen molar-refractivity contribution in [2.24, 2.45) is 16.8 Å². The van der Waals surface area contributed by atoms with Crippen LogP contribution < -0.4 is 16.4 Å². The minimum atomic E-state index is -0.514. The molecule has 1 aromatic rings. The second-order valence-electron chi connectivity index (χ2n) is 8.97. The van der Waals surface area contributed by atoms with E-state index in [2.05, 4.69) is 40.4 Å². The average Bonchev–Trinajstić information content (AvgIpc) is 2.81. The van der Waals surface area contributed by atoms with Gasteiger partial charge in [0, 0.05) is 36.4 Å². The molecule has 0 bridgehead atoms. The lowest BCUT2D eigenvalue weighted by atomic mass is 9.86. The zero-order chi connectivity index (χ0) is 23.1. The molecule has 3 rings (SSSR count). The Labute approximate surface area is 191 Å². The lowest BCUT2D eigenvalue weighted by Gasteiger charge is -2.34. The van der Waals surface area contributed by atoms with Crippen molar-refractivity contribution in [2.75, 3.05) is 18.8 Å². The lowest BCUT2D eigenvalue weighted by molar-refractivity contribution is 0.152. The third kappa shape index (κ3) is 6.07. The molecule has 0 aliphatic carbocycles. The van der Waals surface area contributed by atoms with Crippen LogP contribution in [0.25, 0.3) is 0 Å². The van der Waals surface area contributed by atoms with E-state index in [1.54, 1.807) is 12.4 Å². The molecule has 32 heavy (non-hydrogen) atoms. The summed E-state index contributed by atoms with van der Waals surface area (Å²) in [5.74, 6) is 2.23. The number of allylic oxidation sites excluding steroid dienone is 1. The fraction of sp³-hybridized carbons (Fsp3) is 0.480. The highest BCUT2D eigenvalue weighted by Crippen LogP contribution is 2.26. The first-order chi connectivity index (χ1) is 15.4. The Morgan fingerprint density at radius 3 is 2.75 bits per heavy atom. The Bertz CT molecular complexity index is 905. The quantitative estimate of drug-likeness (QED) is 0.315. The first kappa shape index (κ1) is 23.7. The molecular weight excluding hydrogens is 398 g/mol. The zero-order valence-corrected chi connectivity index (χ0v) is 19.5. The molecule has 2 aliphatic heterocycles. The molecule has 0 amide bonds. The van der Waals surface area contributed by atoms with Gasteiger partial charge in [-0.1, -0.05) is 26.8 Å². The monoisotopic (exact) mass is 435 g/mol. The number of aliphatic imine (C=N–C) groups is 1. The summed E-state index contributed by atoms with van der Waals surface area (Å²) in [6.07, 6.45) is 9.47. The molecule has 0 saturated carbocycles. The van der Waals surface area contributed by atoms with Crippen LogP contribution in [0.4, 0.5) is 5.69 Å². The molecule has 7 heteroatoms. The Hall–Kier alpha value is -2.93. The van der Waals surface area contributed by atoms with E-state index < -0.39 is 6.17 Å². The predicted octanol–water partition coefficient (Wildman–Crippen LogP) is 3.88. The van der Waals surface area contributed by atoms with E-state index in [0.717, 1.165) is 49.0 Å². The number of piperidine rings is 1. The largest absolute Gasteiger partial charge is 0.398 e. The molecule has 1 aromatic carbocycles. The normalized spacial score (nSPS) is 20.1. The van der Waals surface area contributed by atoms with Gasteiger partial charge < -0.3 is 27.2 Å². The lowest BCUT2D eigenvalue weighted by Crippen LogP contribution is -2.37. The molecule has 1 unspecified atom stereocenters. The molecule has 0 aromatic heterocycles. The predicted molar refractivity (Wildman–Crippen MR) is 134 cm³/mol. The van der Waals surface area contributed by atoms with Gasteiger partial charge in [-0.3, -0.25) is 4.90 Å².